The van der Waals surface area contributed by atoms with Crippen LogP contribution in [0.3, 0.4) is 0 Å². The Balaban J connectivity index is 0.697. The van der Waals surface area contributed by atoms with Crippen LogP contribution in [0, 0.1) is 11.8 Å². The number of hydrogen-bond acceptors (Lipinski definition) is 11. The number of nitrogen functional groups attached to an aromatic ring is 1. The molecular weight excluding hydrogens is 801 g/mol. The van der Waals surface area contributed by atoms with E-state index in [0.29, 0.717) is 47.5 Å². The average molecular weight is 851 g/mol. The van der Waals surface area contributed by atoms with Gasteiger partial charge in [0.05, 0.1) is 22.6 Å². The second kappa shape index (κ2) is 16.8. The van der Waals surface area contributed by atoms with Crippen LogP contribution in [-0.4, -0.2) is 109 Å². The molecule has 5 aliphatic heterocycles. The fourth-order valence-electron chi connectivity index (χ4n) is 10.2. The number of benzene rings is 3. The fourth-order valence-corrected chi connectivity index (χ4v) is 10.2. The molecule has 16 nitrogen and oxygen atoms in total. The van der Waals surface area contributed by atoms with Crippen LogP contribution < -0.4 is 20.7 Å². The number of amides is 6. The molecule has 16 heteroatoms. The van der Waals surface area contributed by atoms with Crippen molar-refractivity contribution in [3.8, 4) is 22.8 Å². The van der Waals surface area contributed by atoms with Crippen molar-refractivity contribution < 1.29 is 28.7 Å². The molecule has 324 valence electrons. The number of rotatable bonds is 8. The van der Waals surface area contributed by atoms with Crippen LogP contribution in [0.15, 0.2) is 79.1 Å². The highest BCUT2D eigenvalue weighted by atomic mass is 16.5. The van der Waals surface area contributed by atoms with Crippen LogP contribution in [0.5, 0.6) is 11.5 Å². The van der Waals surface area contributed by atoms with E-state index < -0.39 is 29.7 Å². The maximum atomic E-state index is 13.8. The van der Waals surface area contributed by atoms with E-state index in [4.69, 9.17) is 15.6 Å². The largest absolute Gasteiger partial charge is 0.457 e. The van der Waals surface area contributed by atoms with Gasteiger partial charge in [0.25, 0.3) is 11.8 Å². The van der Waals surface area contributed by atoms with Crippen molar-refractivity contribution in [3.05, 3.63) is 90.3 Å². The molecule has 1 atom stereocenters. The van der Waals surface area contributed by atoms with Crippen molar-refractivity contribution in [3.63, 3.8) is 0 Å². The van der Waals surface area contributed by atoms with Gasteiger partial charge in [0.15, 0.2) is 5.65 Å². The number of likely N-dealkylation sites (tertiary alicyclic amines) is 2. The van der Waals surface area contributed by atoms with Gasteiger partial charge >= 0.3 is 6.03 Å². The number of urea groups is 1. The van der Waals surface area contributed by atoms with E-state index in [1.807, 2.05) is 75.1 Å². The van der Waals surface area contributed by atoms with E-state index in [0.717, 1.165) is 110 Å². The number of ether oxygens (including phenoxy) is 1. The van der Waals surface area contributed by atoms with Crippen LogP contribution in [0.1, 0.15) is 84.5 Å². The van der Waals surface area contributed by atoms with Crippen molar-refractivity contribution >= 4 is 52.2 Å². The van der Waals surface area contributed by atoms with Gasteiger partial charge < -0.3 is 25.2 Å². The lowest BCUT2D eigenvalue weighted by molar-refractivity contribution is -0.136. The molecule has 4 saturated heterocycles. The second-order valence-electron chi connectivity index (χ2n) is 17.5. The Kier molecular flexibility index (Phi) is 10.7. The van der Waals surface area contributed by atoms with Crippen molar-refractivity contribution in [1.29, 1.82) is 0 Å². The van der Waals surface area contributed by atoms with Crippen LogP contribution >= 0.6 is 0 Å². The number of carbonyl (C=O) groups excluding carboxylic acids is 5. The predicted molar refractivity (Wildman–Crippen MR) is 234 cm³/mol. The summed E-state index contributed by atoms with van der Waals surface area (Å²) in [5, 5.41) is 8.03. The Morgan fingerprint density at radius 1 is 0.730 bits per heavy atom. The number of fused-ring (bicyclic) bond motifs is 2. The van der Waals surface area contributed by atoms with Gasteiger partial charge in [0, 0.05) is 56.9 Å². The minimum absolute atomic E-state index is 0.0576. The Morgan fingerprint density at radius 3 is 2.08 bits per heavy atom. The Labute approximate surface area is 364 Å². The topological polar surface area (TPSA) is 189 Å². The molecule has 4 fully saturated rings. The van der Waals surface area contributed by atoms with Crippen molar-refractivity contribution in [1.82, 2.24) is 39.8 Å². The molecule has 2 aromatic heterocycles. The monoisotopic (exact) mass is 850 g/mol. The number of anilines is 2. The summed E-state index contributed by atoms with van der Waals surface area (Å²) in [5.41, 5.74) is 10.2. The van der Waals surface area contributed by atoms with E-state index in [1.165, 1.54) is 6.33 Å². The number of imide groups is 2. The summed E-state index contributed by atoms with van der Waals surface area (Å²) in [6.07, 6.45) is 8.40. The summed E-state index contributed by atoms with van der Waals surface area (Å²) in [6.45, 7) is 4.50. The zero-order valence-corrected chi connectivity index (χ0v) is 35.0. The number of para-hydroxylation sites is 1. The van der Waals surface area contributed by atoms with Gasteiger partial charge in [0.1, 0.15) is 35.4 Å². The third-order valence-electron chi connectivity index (χ3n) is 13.7. The zero-order valence-electron chi connectivity index (χ0n) is 35.0. The quantitative estimate of drug-likeness (QED) is 0.173. The number of nitrogens with two attached hydrogens (primary N) is 1. The van der Waals surface area contributed by atoms with Gasteiger partial charge in [-0.3, -0.25) is 29.4 Å². The molecule has 6 amide bonds. The molecule has 0 saturated carbocycles. The highest BCUT2D eigenvalue weighted by Gasteiger charge is 2.45. The lowest BCUT2D eigenvalue weighted by atomic mass is 9.82. The minimum atomic E-state index is -0.975. The molecule has 5 aliphatic rings. The minimum Gasteiger partial charge on any atom is -0.457 e. The number of hydrogen-bond donors (Lipinski definition) is 2. The summed E-state index contributed by atoms with van der Waals surface area (Å²) in [5.74, 6) is 1.04. The SMILES string of the molecule is Nc1ncnc2c1c(-c1ccc(Oc3ccccc3)cc1)nn2C1CCN(C(=O)N2CCC(CC3CCN(c4ccc5c(c4)C(=O)N(C4CCC(=O)NC4=O)C5=O)CC3)CC2)CC1. The molecule has 5 aromatic rings. The molecule has 1 unspecified atom stereocenters. The smallest absolute Gasteiger partial charge is 0.320 e. The van der Waals surface area contributed by atoms with E-state index in [-0.39, 0.29) is 24.9 Å². The molecule has 0 bridgehead atoms. The van der Waals surface area contributed by atoms with Gasteiger partial charge in [-0.15, -0.1) is 0 Å². The molecular formula is C47H50N10O6. The van der Waals surface area contributed by atoms with Crippen LogP contribution in [0.2, 0.25) is 0 Å². The maximum Gasteiger partial charge on any atom is 0.320 e. The van der Waals surface area contributed by atoms with Crippen LogP contribution in [0.4, 0.5) is 16.3 Å². The lowest BCUT2D eigenvalue weighted by Gasteiger charge is -2.40. The number of piperidine rings is 4. The summed E-state index contributed by atoms with van der Waals surface area (Å²) in [7, 11) is 0. The van der Waals surface area contributed by atoms with E-state index in [9.17, 15) is 24.0 Å². The van der Waals surface area contributed by atoms with Crippen molar-refractivity contribution in [2.45, 2.75) is 69.9 Å². The van der Waals surface area contributed by atoms with E-state index in [1.54, 1.807) is 12.1 Å². The maximum absolute atomic E-state index is 13.8. The van der Waals surface area contributed by atoms with Crippen molar-refractivity contribution in [2.75, 3.05) is 49.9 Å². The van der Waals surface area contributed by atoms with Gasteiger partial charge in [-0.1, -0.05) is 18.2 Å². The first-order chi connectivity index (χ1) is 30.7. The number of aromatic nitrogens is 4. The van der Waals surface area contributed by atoms with Gasteiger partial charge in [-0.05, 0) is 118 Å². The van der Waals surface area contributed by atoms with Gasteiger partial charge in [-0.25, -0.2) is 19.4 Å². The molecule has 7 heterocycles. The molecule has 3 N–H and O–H groups in total. The average Bonchev–Trinajstić information content (AvgIpc) is 3.82. The number of carbonyl (C=O) groups is 5. The summed E-state index contributed by atoms with van der Waals surface area (Å²) in [4.78, 5) is 80.7. The molecule has 63 heavy (non-hydrogen) atoms. The molecule has 0 radical (unpaired) electrons. The highest BCUT2D eigenvalue weighted by Crippen LogP contribution is 2.37. The molecule has 0 aliphatic carbocycles. The van der Waals surface area contributed by atoms with Crippen molar-refractivity contribution in [2.24, 2.45) is 11.8 Å². The van der Waals surface area contributed by atoms with Crippen LogP contribution in [-0.2, 0) is 9.59 Å². The second-order valence-corrected chi connectivity index (χ2v) is 17.5. The Hall–Kier alpha value is -6.84. The standard InChI is InChI=1S/C47H50N10O6/c48-42-40-41(31-6-9-35(10-7-31)63-34-4-2-1-3-5-34)52-57(43(40)50-28-49-42)32-18-24-55(25-19-32)47(62)54-22-16-30(17-23-54)26-29-14-20-53(21-15-29)33-8-11-36-37(27-33)46(61)56(45(36)60)38-12-13-39(58)51-44(38)59/h1-11,27-30,32,38H,12-26H2,(H2,48,49,50)(H,51,58,59). The third kappa shape index (κ3) is 7.82. The van der Waals surface area contributed by atoms with Gasteiger partial charge in [-0.2, -0.15) is 5.10 Å². The molecule has 3 aromatic carbocycles. The highest BCUT2D eigenvalue weighted by molar-refractivity contribution is 6.23. The van der Waals surface area contributed by atoms with E-state index >= 15 is 0 Å². The predicted octanol–water partition coefficient (Wildman–Crippen LogP) is 6.04. The first kappa shape index (κ1) is 40.2. The lowest BCUT2D eigenvalue weighted by Crippen LogP contribution is -2.54. The Bertz CT molecular complexity index is 2570. The Morgan fingerprint density at radius 2 is 1.38 bits per heavy atom. The molecule has 0 spiro atoms. The van der Waals surface area contributed by atoms with Crippen LogP contribution in [0.25, 0.3) is 22.3 Å². The fraction of sp³-hybridized carbons (Fsp3) is 0.404. The number of nitrogens with one attached hydrogen (secondary N) is 1. The third-order valence-corrected chi connectivity index (χ3v) is 13.7. The summed E-state index contributed by atoms with van der Waals surface area (Å²) in [6, 6.07) is 22.0. The first-order valence-electron chi connectivity index (χ1n) is 22.1. The normalized spacial score (nSPS) is 20.4. The zero-order chi connectivity index (χ0) is 43.2. The van der Waals surface area contributed by atoms with Gasteiger partial charge in [0.2, 0.25) is 11.8 Å². The molecule has 10 rings (SSSR count). The first-order valence-corrected chi connectivity index (χ1v) is 22.1. The number of nitrogens with zero attached hydrogens (tertiary/aromatic N) is 8. The van der Waals surface area contributed by atoms with E-state index in [2.05, 4.69) is 20.2 Å². The summed E-state index contributed by atoms with van der Waals surface area (Å²) >= 11 is 0. The summed E-state index contributed by atoms with van der Waals surface area (Å²) < 4.78 is 7.97.